The van der Waals surface area contributed by atoms with E-state index in [0.717, 1.165) is 12.8 Å². The van der Waals surface area contributed by atoms with Gasteiger partial charge in [0.1, 0.15) is 12.7 Å². The Balaban J connectivity index is 1.85. The van der Waals surface area contributed by atoms with E-state index in [4.69, 9.17) is 0 Å². The molecule has 5 nitrogen and oxygen atoms in total. The number of aromatic nitrogens is 3. The maximum absolute atomic E-state index is 11.4. The lowest BCUT2D eigenvalue weighted by atomic mass is 9.75. The van der Waals surface area contributed by atoms with Gasteiger partial charge in [-0.25, -0.2) is 9.67 Å². The number of hydrogen-bond acceptors (Lipinski definition) is 3. The van der Waals surface area contributed by atoms with Gasteiger partial charge in [-0.1, -0.05) is 30.3 Å². The van der Waals surface area contributed by atoms with Crippen molar-refractivity contribution in [2.24, 2.45) is 5.92 Å². The Bertz CT molecular complexity index is 568. The number of aliphatic carboxylic acids is 1. The van der Waals surface area contributed by atoms with Gasteiger partial charge in [-0.05, 0) is 30.7 Å². The zero-order valence-electron chi connectivity index (χ0n) is 11.1. The Morgan fingerprint density at radius 1 is 1.25 bits per heavy atom. The van der Waals surface area contributed by atoms with Crippen molar-refractivity contribution in [1.82, 2.24) is 14.8 Å². The summed E-state index contributed by atoms with van der Waals surface area (Å²) >= 11 is 0. The molecule has 0 aliphatic heterocycles. The predicted molar refractivity (Wildman–Crippen MR) is 73.2 cm³/mol. The summed E-state index contributed by atoms with van der Waals surface area (Å²) < 4.78 is 1.70. The average Bonchev–Trinajstić information content (AvgIpc) is 3.01. The summed E-state index contributed by atoms with van der Waals surface area (Å²) in [6, 6.07) is 10.2. The average molecular weight is 271 g/mol. The van der Waals surface area contributed by atoms with E-state index >= 15 is 0 Å². The zero-order chi connectivity index (χ0) is 13.9. The van der Waals surface area contributed by atoms with E-state index in [1.807, 2.05) is 18.2 Å². The third-order valence-electron chi connectivity index (χ3n) is 4.18. The summed E-state index contributed by atoms with van der Waals surface area (Å²) in [6.07, 6.45) is 5.47. The lowest BCUT2D eigenvalue weighted by Gasteiger charge is -2.34. The van der Waals surface area contributed by atoms with Crippen molar-refractivity contribution in [2.75, 3.05) is 0 Å². The largest absolute Gasteiger partial charge is 0.481 e. The summed E-state index contributed by atoms with van der Waals surface area (Å²) in [5, 5.41) is 13.5. The summed E-state index contributed by atoms with van der Waals surface area (Å²) in [7, 11) is 0. The molecule has 0 amide bonds. The van der Waals surface area contributed by atoms with E-state index < -0.39 is 5.97 Å². The molecule has 1 aromatic carbocycles. The number of rotatable bonds is 3. The van der Waals surface area contributed by atoms with Crippen molar-refractivity contribution in [3.05, 3.63) is 48.5 Å². The Morgan fingerprint density at radius 2 is 2.05 bits per heavy atom. The van der Waals surface area contributed by atoms with Crippen LogP contribution in [0.2, 0.25) is 0 Å². The molecule has 3 unspecified atom stereocenters. The highest BCUT2D eigenvalue weighted by molar-refractivity contribution is 5.70. The molecule has 0 bridgehead atoms. The number of carbonyl (C=O) groups is 1. The van der Waals surface area contributed by atoms with Crippen LogP contribution in [0.15, 0.2) is 43.0 Å². The number of hydrogen-bond donors (Lipinski definition) is 1. The summed E-state index contributed by atoms with van der Waals surface area (Å²) in [6.45, 7) is 0. The molecule has 1 aliphatic carbocycles. The molecule has 1 aromatic heterocycles. The minimum absolute atomic E-state index is 0.117. The van der Waals surface area contributed by atoms with Crippen LogP contribution in [0.1, 0.15) is 36.8 Å². The molecule has 1 saturated carbocycles. The van der Waals surface area contributed by atoms with Gasteiger partial charge in [0, 0.05) is 0 Å². The van der Waals surface area contributed by atoms with Crippen LogP contribution < -0.4 is 0 Å². The molecule has 1 aliphatic rings. The highest BCUT2D eigenvalue weighted by Gasteiger charge is 2.37. The first-order valence-corrected chi connectivity index (χ1v) is 6.87. The van der Waals surface area contributed by atoms with E-state index in [1.165, 1.54) is 11.9 Å². The van der Waals surface area contributed by atoms with Gasteiger partial charge in [-0.2, -0.15) is 5.10 Å². The van der Waals surface area contributed by atoms with Crippen molar-refractivity contribution in [1.29, 1.82) is 0 Å². The normalized spacial score (nSPS) is 26.3. The molecule has 5 heteroatoms. The maximum atomic E-state index is 11.4. The molecule has 104 valence electrons. The molecular weight excluding hydrogens is 254 g/mol. The highest BCUT2D eigenvalue weighted by Crippen LogP contribution is 2.41. The second-order valence-electron chi connectivity index (χ2n) is 5.31. The summed E-state index contributed by atoms with van der Waals surface area (Å²) in [5.41, 5.74) is 1.28. The van der Waals surface area contributed by atoms with Gasteiger partial charge in [0.15, 0.2) is 0 Å². The van der Waals surface area contributed by atoms with E-state index in [-0.39, 0.29) is 12.0 Å². The van der Waals surface area contributed by atoms with Crippen LogP contribution in [0.5, 0.6) is 0 Å². The highest BCUT2D eigenvalue weighted by atomic mass is 16.4. The number of carboxylic acid groups (broad SMARTS) is 1. The first-order chi connectivity index (χ1) is 9.75. The topological polar surface area (TPSA) is 68.0 Å². The van der Waals surface area contributed by atoms with Crippen molar-refractivity contribution in [2.45, 2.75) is 31.2 Å². The summed E-state index contributed by atoms with van der Waals surface area (Å²) in [5.74, 6) is -0.727. The van der Waals surface area contributed by atoms with Gasteiger partial charge in [0.2, 0.25) is 0 Å². The van der Waals surface area contributed by atoms with Crippen LogP contribution in [0, 0.1) is 5.92 Å². The molecule has 1 heterocycles. The van der Waals surface area contributed by atoms with Crippen molar-refractivity contribution >= 4 is 5.97 Å². The predicted octanol–water partition coefficient (Wildman–Crippen LogP) is 2.49. The third-order valence-corrected chi connectivity index (χ3v) is 4.18. The van der Waals surface area contributed by atoms with Gasteiger partial charge >= 0.3 is 5.97 Å². The standard InChI is InChI=1S/C15H17N3O2/c19-15(20)13-7-6-12(11-4-2-1-3-5-11)8-14(13)18-10-16-9-17-18/h1-5,9-10,12-14H,6-8H2,(H,19,20). The molecule has 0 spiro atoms. The zero-order valence-corrected chi connectivity index (χ0v) is 11.1. The molecule has 0 saturated heterocycles. The molecule has 0 radical (unpaired) electrons. The fraction of sp³-hybridized carbons (Fsp3) is 0.400. The summed E-state index contributed by atoms with van der Waals surface area (Å²) in [4.78, 5) is 15.4. The van der Waals surface area contributed by atoms with Gasteiger partial charge in [0.05, 0.1) is 12.0 Å². The van der Waals surface area contributed by atoms with Crippen LogP contribution >= 0.6 is 0 Å². The van der Waals surface area contributed by atoms with Crippen LogP contribution in [-0.4, -0.2) is 25.8 Å². The van der Waals surface area contributed by atoms with Crippen molar-refractivity contribution < 1.29 is 9.90 Å². The minimum Gasteiger partial charge on any atom is -0.481 e. The van der Waals surface area contributed by atoms with E-state index in [0.29, 0.717) is 12.3 Å². The van der Waals surface area contributed by atoms with E-state index in [9.17, 15) is 9.90 Å². The van der Waals surface area contributed by atoms with E-state index in [1.54, 1.807) is 11.0 Å². The Hall–Kier alpha value is -2.17. The number of benzene rings is 1. The number of nitrogens with zero attached hydrogens (tertiary/aromatic N) is 3. The van der Waals surface area contributed by atoms with Gasteiger partial charge in [-0.15, -0.1) is 0 Å². The number of carboxylic acids is 1. The van der Waals surface area contributed by atoms with Gasteiger partial charge in [0.25, 0.3) is 0 Å². The lowest BCUT2D eigenvalue weighted by molar-refractivity contribution is -0.144. The van der Waals surface area contributed by atoms with Gasteiger partial charge < -0.3 is 5.11 Å². The Morgan fingerprint density at radius 3 is 2.70 bits per heavy atom. The monoisotopic (exact) mass is 271 g/mol. The molecule has 3 atom stereocenters. The van der Waals surface area contributed by atoms with Crippen LogP contribution in [-0.2, 0) is 4.79 Å². The van der Waals surface area contributed by atoms with Crippen molar-refractivity contribution in [3.8, 4) is 0 Å². The van der Waals surface area contributed by atoms with Crippen molar-refractivity contribution in [3.63, 3.8) is 0 Å². The fourth-order valence-corrected chi connectivity index (χ4v) is 3.14. The molecule has 1 N–H and O–H groups in total. The second kappa shape index (κ2) is 5.45. The molecule has 1 fully saturated rings. The van der Waals surface area contributed by atoms with Crippen LogP contribution in [0.25, 0.3) is 0 Å². The first kappa shape index (κ1) is 12.8. The first-order valence-electron chi connectivity index (χ1n) is 6.87. The lowest BCUT2D eigenvalue weighted by Crippen LogP contribution is -2.32. The van der Waals surface area contributed by atoms with Crippen LogP contribution in [0.4, 0.5) is 0 Å². The quantitative estimate of drug-likeness (QED) is 0.931. The van der Waals surface area contributed by atoms with Gasteiger partial charge in [-0.3, -0.25) is 4.79 Å². The molecular formula is C15H17N3O2. The smallest absolute Gasteiger partial charge is 0.308 e. The molecule has 2 aromatic rings. The fourth-order valence-electron chi connectivity index (χ4n) is 3.14. The minimum atomic E-state index is -0.739. The third kappa shape index (κ3) is 2.43. The SMILES string of the molecule is O=C(O)C1CCC(c2ccccc2)CC1n1cncn1. The van der Waals surface area contributed by atoms with Crippen LogP contribution in [0.3, 0.4) is 0 Å². The van der Waals surface area contributed by atoms with E-state index in [2.05, 4.69) is 22.2 Å². The molecule has 20 heavy (non-hydrogen) atoms. The molecule has 3 rings (SSSR count). The second-order valence-corrected chi connectivity index (χ2v) is 5.31. The Kier molecular flexibility index (Phi) is 3.50. The Labute approximate surface area is 117 Å². The maximum Gasteiger partial charge on any atom is 0.308 e.